The molecule has 1 atom stereocenters. The summed E-state index contributed by atoms with van der Waals surface area (Å²) < 4.78 is 12.9. The van der Waals surface area contributed by atoms with Gasteiger partial charge in [0.1, 0.15) is 5.82 Å². The van der Waals surface area contributed by atoms with Crippen LogP contribution >= 0.6 is 0 Å². The first kappa shape index (κ1) is 15.1. The Morgan fingerprint density at radius 1 is 1.38 bits per heavy atom. The number of nitrogens with two attached hydrogens (primary N) is 1. The van der Waals surface area contributed by atoms with E-state index >= 15 is 0 Å². The van der Waals surface area contributed by atoms with Gasteiger partial charge in [-0.1, -0.05) is 26.0 Å². The largest absolute Gasteiger partial charge is 0.392 e. The SMILES string of the molecule is CC.Cc1cc(CCC(O)CN)ccc1F. The molecule has 92 valence electrons. The van der Waals surface area contributed by atoms with E-state index in [0.29, 0.717) is 12.0 Å². The quantitative estimate of drug-likeness (QED) is 0.829. The molecule has 1 aromatic carbocycles. The molecule has 1 unspecified atom stereocenters. The predicted octanol–water partition coefficient (Wildman–Crippen LogP) is 2.41. The van der Waals surface area contributed by atoms with Crippen LogP contribution in [0.2, 0.25) is 0 Å². The van der Waals surface area contributed by atoms with Gasteiger partial charge in [-0.15, -0.1) is 0 Å². The minimum Gasteiger partial charge on any atom is -0.392 e. The Balaban J connectivity index is 0.00000106. The highest BCUT2D eigenvalue weighted by Crippen LogP contribution is 2.11. The van der Waals surface area contributed by atoms with Crippen LogP contribution in [-0.4, -0.2) is 17.8 Å². The smallest absolute Gasteiger partial charge is 0.126 e. The first-order valence-corrected chi connectivity index (χ1v) is 5.76. The zero-order valence-electron chi connectivity index (χ0n) is 10.3. The van der Waals surface area contributed by atoms with Crippen molar-refractivity contribution in [1.29, 1.82) is 0 Å². The van der Waals surface area contributed by atoms with Crippen LogP contribution in [-0.2, 0) is 6.42 Å². The summed E-state index contributed by atoms with van der Waals surface area (Å²) in [6.45, 7) is 6.01. The summed E-state index contributed by atoms with van der Waals surface area (Å²) in [5.41, 5.74) is 6.96. The molecule has 0 aliphatic heterocycles. The van der Waals surface area contributed by atoms with E-state index in [1.165, 1.54) is 6.07 Å². The molecule has 3 heteroatoms. The Kier molecular flexibility index (Phi) is 7.77. The van der Waals surface area contributed by atoms with Crippen molar-refractivity contribution in [2.75, 3.05) is 6.54 Å². The first-order valence-electron chi connectivity index (χ1n) is 5.76. The van der Waals surface area contributed by atoms with Gasteiger partial charge in [-0.25, -0.2) is 4.39 Å². The summed E-state index contributed by atoms with van der Waals surface area (Å²) in [6.07, 6.45) is 0.904. The van der Waals surface area contributed by atoms with Gasteiger partial charge in [-0.2, -0.15) is 0 Å². The van der Waals surface area contributed by atoms with Crippen LogP contribution in [0.25, 0.3) is 0 Å². The van der Waals surface area contributed by atoms with Crippen molar-refractivity contribution in [1.82, 2.24) is 0 Å². The van der Waals surface area contributed by atoms with Crippen molar-refractivity contribution in [2.24, 2.45) is 5.73 Å². The van der Waals surface area contributed by atoms with E-state index in [2.05, 4.69) is 0 Å². The fourth-order valence-corrected chi connectivity index (χ4v) is 1.31. The highest BCUT2D eigenvalue weighted by atomic mass is 19.1. The highest BCUT2D eigenvalue weighted by Gasteiger charge is 2.03. The van der Waals surface area contributed by atoms with Gasteiger partial charge < -0.3 is 10.8 Å². The molecule has 0 aliphatic rings. The standard InChI is InChI=1S/C11H16FNO.C2H6/c1-8-6-9(3-5-11(8)12)2-4-10(14)7-13;1-2/h3,5-6,10,14H,2,4,7,13H2,1H3;1-2H3. The molecule has 1 rings (SSSR count). The molecule has 16 heavy (non-hydrogen) atoms. The number of hydrogen-bond donors (Lipinski definition) is 2. The Morgan fingerprint density at radius 2 is 2.00 bits per heavy atom. The van der Waals surface area contributed by atoms with Gasteiger partial charge in [0.15, 0.2) is 0 Å². The normalized spacial score (nSPS) is 11.6. The Labute approximate surface area is 97.3 Å². The van der Waals surface area contributed by atoms with Crippen LogP contribution in [0.15, 0.2) is 18.2 Å². The van der Waals surface area contributed by atoms with E-state index in [0.717, 1.165) is 12.0 Å². The summed E-state index contributed by atoms with van der Waals surface area (Å²) in [5, 5.41) is 9.24. The average molecular weight is 227 g/mol. The topological polar surface area (TPSA) is 46.2 Å². The molecule has 3 N–H and O–H groups in total. The van der Waals surface area contributed by atoms with E-state index in [9.17, 15) is 9.50 Å². The van der Waals surface area contributed by atoms with E-state index in [1.54, 1.807) is 19.1 Å². The Bertz CT molecular complexity index is 302. The first-order chi connectivity index (χ1) is 7.63. The van der Waals surface area contributed by atoms with Crippen LogP contribution in [0.1, 0.15) is 31.4 Å². The number of aliphatic hydroxyl groups is 1. The van der Waals surface area contributed by atoms with Crippen molar-refractivity contribution in [3.8, 4) is 0 Å². The molecule has 0 amide bonds. The monoisotopic (exact) mass is 227 g/mol. The maximum Gasteiger partial charge on any atom is 0.126 e. The van der Waals surface area contributed by atoms with E-state index in [1.807, 2.05) is 13.8 Å². The summed E-state index contributed by atoms with van der Waals surface area (Å²) in [5.74, 6) is -0.187. The molecule has 0 aliphatic carbocycles. The van der Waals surface area contributed by atoms with Crippen LogP contribution in [0, 0.1) is 12.7 Å². The van der Waals surface area contributed by atoms with E-state index < -0.39 is 6.10 Å². The molecular formula is C13H22FNO. The van der Waals surface area contributed by atoms with Crippen molar-refractivity contribution < 1.29 is 9.50 Å². The number of aliphatic hydroxyl groups excluding tert-OH is 1. The summed E-state index contributed by atoms with van der Waals surface area (Å²) >= 11 is 0. The van der Waals surface area contributed by atoms with Gasteiger partial charge in [0.2, 0.25) is 0 Å². The molecule has 0 spiro atoms. The minimum absolute atomic E-state index is 0.187. The van der Waals surface area contributed by atoms with E-state index in [4.69, 9.17) is 5.73 Å². The third-order valence-electron chi connectivity index (χ3n) is 2.26. The fourth-order valence-electron chi connectivity index (χ4n) is 1.31. The zero-order chi connectivity index (χ0) is 12.6. The van der Waals surface area contributed by atoms with Crippen LogP contribution < -0.4 is 5.73 Å². The molecule has 0 bridgehead atoms. The molecule has 0 saturated heterocycles. The minimum atomic E-state index is -0.458. The second kappa shape index (κ2) is 8.25. The fraction of sp³-hybridized carbons (Fsp3) is 0.538. The Hall–Kier alpha value is -0.930. The molecular weight excluding hydrogens is 205 g/mol. The number of benzene rings is 1. The van der Waals surface area contributed by atoms with E-state index in [-0.39, 0.29) is 12.4 Å². The van der Waals surface area contributed by atoms with Gasteiger partial charge in [0.25, 0.3) is 0 Å². The summed E-state index contributed by atoms with van der Waals surface area (Å²) in [7, 11) is 0. The molecule has 0 saturated carbocycles. The van der Waals surface area contributed by atoms with Crippen LogP contribution in [0.5, 0.6) is 0 Å². The summed E-state index contributed by atoms with van der Waals surface area (Å²) in [4.78, 5) is 0. The molecule has 2 nitrogen and oxygen atoms in total. The van der Waals surface area contributed by atoms with Crippen molar-refractivity contribution in [2.45, 2.75) is 39.7 Å². The lowest BCUT2D eigenvalue weighted by Crippen LogP contribution is -2.20. The number of halogens is 1. The maximum atomic E-state index is 12.9. The lowest BCUT2D eigenvalue weighted by molar-refractivity contribution is 0.173. The van der Waals surface area contributed by atoms with Gasteiger partial charge in [-0.3, -0.25) is 0 Å². The molecule has 1 aromatic rings. The van der Waals surface area contributed by atoms with Crippen molar-refractivity contribution in [3.05, 3.63) is 35.1 Å². The van der Waals surface area contributed by atoms with Gasteiger partial charge in [-0.05, 0) is 37.0 Å². The molecule has 0 fully saturated rings. The number of hydrogen-bond acceptors (Lipinski definition) is 2. The van der Waals surface area contributed by atoms with Crippen molar-refractivity contribution >= 4 is 0 Å². The van der Waals surface area contributed by atoms with Gasteiger partial charge in [0, 0.05) is 6.54 Å². The summed E-state index contributed by atoms with van der Waals surface area (Å²) in [6, 6.07) is 5.00. The lowest BCUT2D eigenvalue weighted by Gasteiger charge is -2.07. The number of rotatable bonds is 4. The van der Waals surface area contributed by atoms with Crippen molar-refractivity contribution in [3.63, 3.8) is 0 Å². The number of aryl methyl sites for hydroxylation is 2. The predicted molar refractivity (Wildman–Crippen MR) is 65.9 cm³/mol. The molecule has 0 aromatic heterocycles. The van der Waals surface area contributed by atoms with Gasteiger partial charge in [0.05, 0.1) is 6.10 Å². The maximum absolute atomic E-state index is 12.9. The lowest BCUT2D eigenvalue weighted by atomic mass is 10.0. The zero-order valence-corrected chi connectivity index (χ0v) is 10.3. The molecule has 0 radical (unpaired) electrons. The van der Waals surface area contributed by atoms with Crippen LogP contribution in [0.4, 0.5) is 4.39 Å². The van der Waals surface area contributed by atoms with Gasteiger partial charge >= 0.3 is 0 Å². The third-order valence-corrected chi connectivity index (χ3v) is 2.26. The van der Waals surface area contributed by atoms with Crippen LogP contribution in [0.3, 0.4) is 0 Å². The second-order valence-corrected chi connectivity index (χ2v) is 3.51. The highest BCUT2D eigenvalue weighted by molar-refractivity contribution is 5.23. The average Bonchev–Trinajstić information content (AvgIpc) is 2.33. The molecule has 0 heterocycles. The second-order valence-electron chi connectivity index (χ2n) is 3.51. The third kappa shape index (κ3) is 5.24. The Morgan fingerprint density at radius 3 is 2.50 bits per heavy atom.